The normalized spacial score (nSPS) is 15.0. The van der Waals surface area contributed by atoms with Crippen molar-refractivity contribution in [1.82, 2.24) is 0 Å². The van der Waals surface area contributed by atoms with Gasteiger partial charge in [0.05, 0.1) is 6.10 Å². The number of halogens is 2. The van der Waals surface area contributed by atoms with Crippen LogP contribution in [0, 0.1) is 11.6 Å². The summed E-state index contributed by atoms with van der Waals surface area (Å²) >= 11 is 0. The van der Waals surface area contributed by atoms with Gasteiger partial charge in [0.15, 0.2) is 11.6 Å². The third-order valence-corrected chi connectivity index (χ3v) is 2.23. The van der Waals surface area contributed by atoms with Crippen molar-refractivity contribution in [3.05, 3.63) is 35.4 Å². The van der Waals surface area contributed by atoms with Crippen molar-refractivity contribution in [3.8, 4) is 0 Å². The van der Waals surface area contributed by atoms with Crippen molar-refractivity contribution in [1.29, 1.82) is 0 Å². The first-order valence-electron chi connectivity index (χ1n) is 4.87. The van der Waals surface area contributed by atoms with Gasteiger partial charge in [-0.2, -0.15) is 0 Å². The highest BCUT2D eigenvalue weighted by Crippen LogP contribution is 2.21. The van der Waals surface area contributed by atoms with Crippen LogP contribution in [0.4, 0.5) is 8.78 Å². The number of hydrogen-bond acceptors (Lipinski definition) is 2. The summed E-state index contributed by atoms with van der Waals surface area (Å²) in [5.41, 5.74) is 0.190. The molecule has 2 atom stereocenters. The molecule has 0 spiro atoms. The second kappa shape index (κ2) is 5.19. The molecule has 84 valence electrons. The molecular formula is C11H14F2O2. The molecule has 15 heavy (non-hydrogen) atoms. The number of aliphatic hydroxyl groups excluding tert-OH is 2. The van der Waals surface area contributed by atoms with E-state index in [4.69, 9.17) is 0 Å². The van der Waals surface area contributed by atoms with Gasteiger partial charge in [-0.3, -0.25) is 0 Å². The van der Waals surface area contributed by atoms with E-state index in [0.717, 1.165) is 12.1 Å². The third kappa shape index (κ3) is 2.97. The summed E-state index contributed by atoms with van der Waals surface area (Å²) in [5, 5.41) is 19.1. The standard InChI is InChI=1S/C11H14F2O2/c1-2-3-10(14)11(15)7-4-5-8(12)9(13)6-7/h4-6,10-11,14-15H,2-3H2,1H3. The summed E-state index contributed by atoms with van der Waals surface area (Å²) in [6, 6.07) is 3.10. The van der Waals surface area contributed by atoms with E-state index in [-0.39, 0.29) is 5.56 Å². The first-order valence-corrected chi connectivity index (χ1v) is 4.87. The van der Waals surface area contributed by atoms with Crippen molar-refractivity contribution < 1.29 is 19.0 Å². The zero-order chi connectivity index (χ0) is 11.4. The second-order valence-electron chi connectivity index (χ2n) is 3.47. The molecule has 0 aliphatic carbocycles. The summed E-state index contributed by atoms with van der Waals surface area (Å²) in [4.78, 5) is 0. The summed E-state index contributed by atoms with van der Waals surface area (Å²) < 4.78 is 25.4. The van der Waals surface area contributed by atoms with Crippen molar-refractivity contribution in [2.45, 2.75) is 32.0 Å². The Labute approximate surface area is 87.2 Å². The molecule has 2 unspecified atom stereocenters. The van der Waals surface area contributed by atoms with Crippen LogP contribution in [-0.4, -0.2) is 16.3 Å². The van der Waals surface area contributed by atoms with Crippen LogP contribution < -0.4 is 0 Å². The summed E-state index contributed by atoms with van der Waals surface area (Å²) in [5.74, 6) is -1.98. The smallest absolute Gasteiger partial charge is 0.159 e. The molecule has 1 rings (SSSR count). The Hall–Kier alpha value is -1.00. The molecule has 0 aliphatic rings. The van der Waals surface area contributed by atoms with Crippen LogP contribution in [0.2, 0.25) is 0 Å². The van der Waals surface area contributed by atoms with Crippen LogP contribution in [-0.2, 0) is 0 Å². The fourth-order valence-electron chi connectivity index (χ4n) is 1.37. The molecule has 0 saturated carbocycles. The molecule has 4 heteroatoms. The Morgan fingerprint density at radius 3 is 2.40 bits per heavy atom. The van der Waals surface area contributed by atoms with Crippen molar-refractivity contribution in [2.24, 2.45) is 0 Å². The molecule has 2 nitrogen and oxygen atoms in total. The van der Waals surface area contributed by atoms with Gasteiger partial charge in [-0.15, -0.1) is 0 Å². The van der Waals surface area contributed by atoms with E-state index in [0.29, 0.717) is 12.8 Å². The van der Waals surface area contributed by atoms with Crippen LogP contribution in [0.5, 0.6) is 0 Å². The summed E-state index contributed by atoms with van der Waals surface area (Å²) in [6.07, 6.45) is -0.984. The number of hydrogen-bond donors (Lipinski definition) is 2. The predicted octanol–water partition coefficient (Wildman–Crippen LogP) is 2.16. The van der Waals surface area contributed by atoms with Crippen LogP contribution in [0.1, 0.15) is 31.4 Å². The van der Waals surface area contributed by atoms with Gasteiger partial charge in [0.1, 0.15) is 6.10 Å². The number of aliphatic hydroxyl groups is 2. The molecule has 0 saturated heterocycles. The molecule has 0 radical (unpaired) electrons. The molecule has 0 aromatic heterocycles. The highest BCUT2D eigenvalue weighted by atomic mass is 19.2. The minimum atomic E-state index is -1.17. The van der Waals surface area contributed by atoms with E-state index in [2.05, 4.69) is 0 Å². The molecule has 0 heterocycles. The van der Waals surface area contributed by atoms with E-state index in [1.165, 1.54) is 6.07 Å². The molecule has 0 fully saturated rings. The average Bonchev–Trinajstić information content (AvgIpc) is 2.21. The fraction of sp³-hybridized carbons (Fsp3) is 0.455. The highest BCUT2D eigenvalue weighted by Gasteiger charge is 2.18. The van der Waals surface area contributed by atoms with Crippen LogP contribution in [0.15, 0.2) is 18.2 Å². The maximum absolute atomic E-state index is 12.8. The first-order chi connectivity index (χ1) is 7.06. The molecule has 0 bridgehead atoms. The van der Waals surface area contributed by atoms with Crippen molar-refractivity contribution >= 4 is 0 Å². The maximum Gasteiger partial charge on any atom is 0.159 e. The minimum absolute atomic E-state index is 0.190. The zero-order valence-electron chi connectivity index (χ0n) is 8.45. The van der Waals surface area contributed by atoms with Gasteiger partial charge in [0.2, 0.25) is 0 Å². The number of benzene rings is 1. The van der Waals surface area contributed by atoms with Gasteiger partial charge in [-0.1, -0.05) is 19.4 Å². The molecule has 0 amide bonds. The van der Waals surface area contributed by atoms with Gasteiger partial charge in [-0.25, -0.2) is 8.78 Å². The fourth-order valence-corrected chi connectivity index (χ4v) is 1.37. The Balaban J connectivity index is 2.81. The second-order valence-corrected chi connectivity index (χ2v) is 3.47. The van der Waals surface area contributed by atoms with Gasteiger partial charge in [0, 0.05) is 0 Å². The van der Waals surface area contributed by atoms with E-state index in [1.807, 2.05) is 6.92 Å². The molecule has 1 aromatic carbocycles. The van der Waals surface area contributed by atoms with Gasteiger partial charge in [0.25, 0.3) is 0 Å². The Morgan fingerprint density at radius 2 is 1.87 bits per heavy atom. The van der Waals surface area contributed by atoms with Crippen LogP contribution >= 0.6 is 0 Å². The van der Waals surface area contributed by atoms with Gasteiger partial charge >= 0.3 is 0 Å². The van der Waals surface area contributed by atoms with Crippen LogP contribution in [0.25, 0.3) is 0 Å². The van der Waals surface area contributed by atoms with E-state index in [1.54, 1.807) is 0 Å². The average molecular weight is 216 g/mol. The van der Waals surface area contributed by atoms with E-state index >= 15 is 0 Å². The Kier molecular flexibility index (Phi) is 4.17. The lowest BCUT2D eigenvalue weighted by atomic mass is 10.0. The van der Waals surface area contributed by atoms with E-state index < -0.39 is 23.8 Å². The summed E-state index contributed by atoms with van der Waals surface area (Å²) in [6.45, 7) is 1.86. The quantitative estimate of drug-likeness (QED) is 0.809. The topological polar surface area (TPSA) is 40.5 Å². The lowest BCUT2D eigenvalue weighted by Crippen LogP contribution is -2.18. The number of rotatable bonds is 4. The van der Waals surface area contributed by atoms with Gasteiger partial charge < -0.3 is 10.2 Å². The molecule has 0 aliphatic heterocycles. The first kappa shape index (κ1) is 12.1. The summed E-state index contributed by atoms with van der Waals surface area (Å²) in [7, 11) is 0. The minimum Gasteiger partial charge on any atom is -0.390 e. The maximum atomic E-state index is 12.8. The SMILES string of the molecule is CCCC(O)C(O)c1ccc(F)c(F)c1. The predicted molar refractivity (Wildman–Crippen MR) is 52.2 cm³/mol. The largest absolute Gasteiger partial charge is 0.390 e. The lowest BCUT2D eigenvalue weighted by molar-refractivity contribution is 0.0129. The Bertz CT molecular complexity index is 328. The van der Waals surface area contributed by atoms with Crippen LogP contribution in [0.3, 0.4) is 0 Å². The zero-order valence-corrected chi connectivity index (χ0v) is 8.45. The highest BCUT2D eigenvalue weighted by molar-refractivity contribution is 5.20. The van der Waals surface area contributed by atoms with Crippen molar-refractivity contribution in [3.63, 3.8) is 0 Å². The molecule has 1 aromatic rings. The molecule has 2 N–H and O–H groups in total. The van der Waals surface area contributed by atoms with Gasteiger partial charge in [-0.05, 0) is 24.1 Å². The third-order valence-electron chi connectivity index (χ3n) is 2.23. The molecular weight excluding hydrogens is 202 g/mol. The lowest BCUT2D eigenvalue weighted by Gasteiger charge is -2.17. The van der Waals surface area contributed by atoms with Crippen molar-refractivity contribution in [2.75, 3.05) is 0 Å². The Morgan fingerprint density at radius 1 is 1.20 bits per heavy atom. The van der Waals surface area contributed by atoms with E-state index in [9.17, 15) is 19.0 Å². The monoisotopic (exact) mass is 216 g/mol.